The SMILES string of the molecule is C(=C\c1ccco1)/c1ccc(N(c2ccc(-c3ccc(C(=C(c4ccccc4)c4ccccc4)c4ccccc4)cc3)cc2)c2ccc(-c3ccc(C(=C(c4ccccc4)c4ccccc4)c4ccccc4)cc3)cc2)cc1. The highest BCUT2D eigenvalue weighted by Crippen LogP contribution is 2.41. The Kier molecular flexibility index (Phi) is 14.4. The van der Waals surface area contributed by atoms with Crippen LogP contribution >= 0.6 is 0 Å². The summed E-state index contributed by atoms with van der Waals surface area (Å²) in [6.45, 7) is 0. The van der Waals surface area contributed by atoms with Gasteiger partial charge in [-0.15, -0.1) is 0 Å². The molecule has 2 heteroatoms. The molecule has 12 aromatic rings. The molecule has 2 nitrogen and oxygen atoms in total. The maximum absolute atomic E-state index is 5.57. The Morgan fingerprint density at radius 2 is 0.487 bits per heavy atom. The van der Waals surface area contributed by atoms with Gasteiger partial charge in [-0.3, -0.25) is 0 Å². The van der Waals surface area contributed by atoms with Gasteiger partial charge in [0.2, 0.25) is 0 Å². The van der Waals surface area contributed by atoms with Crippen molar-refractivity contribution >= 4 is 51.5 Å². The van der Waals surface area contributed by atoms with E-state index in [1.165, 1.54) is 55.7 Å². The highest BCUT2D eigenvalue weighted by atomic mass is 16.3. The van der Waals surface area contributed by atoms with Crippen LogP contribution < -0.4 is 4.90 Å². The zero-order valence-electron chi connectivity index (χ0n) is 43.1. The molecule has 0 unspecified atom stereocenters. The largest absolute Gasteiger partial charge is 0.465 e. The van der Waals surface area contributed by atoms with E-state index in [4.69, 9.17) is 4.42 Å². The average Bonchev–Trinajstić information content (AvgIpc) is 4.06. The van der Waals surface area contributed by atoms with Crippen molar-refractivity contribution < 1.29 is 4.42 Å². The van der Waals surface area contributed by atoms with Crippen LogP contribution in [0.2, 0.25) is 0 Å². The zero-order chi connectivity index (χ0) is 52.3. The number of nitrogens with zero attached hydrogens (tertiary/aromatic N) is 1. The molecule has 0 aliphatic carbocycles. The van der Waals surface area contributed by atoms with Crippen LogP contribution in [0.3, 0.4) is 0 Å². The lowest BCUT2D eigenvalue weighted by Gasteiger charge is -2.26. The molecule has 0 aliphatic rings. The molecule has 0 saturated heterocycles. The van der Waals surface area contributed by atoms with E-state index < -0.39 is 0 Å². The molecule has 0 spiro atoms. The van der Waals surface area contributed by atoms with Gasteiger partial charge < -0.3 is 9.32 Å². The van der Waals surface area contributed by atoms with Crippen molar-refractivity contribution in [2.24, 2.45) is 0 Å². The van der Waals surface area contributed by atoms with E-state index in [1.807, 2.05) is 18.2 Å². The monoisotopic (exact) mass is 997 g/mol. The van der Waals surface area contributed by atoms with Crippen LogP contribution in [0.4, 0.5) is 17.1 Å². The van der Waals surface area contributed by atoms with Crippen molar-refractivity contribution in [2.45, 2.75) is 0 Å². The maximum Gasteiger partial charge on any atom is 0.126 e. The van der Waals surface area contributed by atoms with Gasteiger partial charge in [-0.25, -0.2) is 0 Å². The Balaban J connectivity index is 0.876. The van der Waals surface area contributed by atoms with Gasteiger partial charge in [0.05, 0.1) is 6.26 Å². The van der Waals surface area contributed by atoms with E-state index in [9.17, 15) is 0 Å². The third kappa shape index (κ3) is 10.8. The van der Waals surface area contributed by atoms with Gasteiger partial charge in [-0.05, 0) is 149 Å². The summed E-state index contributed by atoms with van der Waals surface area (Å²) in [7, 11) is 0. The van der Waals surface area contributed by atoms with Crippen LogP contribution in [0.5, 0.6) is 0 Å². The second kappa shape index (κ2) is 23.1. The Bertz CT molecular complexity index is 3640. The van der Waals surface area contributed by atoms with Gasteiger partial charge in [0, 0.05) is 17.1 Å². The highest BCUT2D eigenvalue weighted by molar-refractivity contribution is 6.06. The van der Waals surface area contributed by atoms with E-state index in [1.54, 1.807) is 6.26 Å². The molecule has 0 radical (unpaired) electrons. The standard InChI is InChI=1S/C76H55NO/c1-7-20-61(21-8-1)73(62-22-9-2-10-23-62)75(65-28-15-5-16-29-65)67-40-36-57(37-41-67)59-44-50-70(51-45-59)77(69-48-33-56(34-49-69)35-54-72-32-19-55-78-72)71-52-46-60(47-53-71)58-38-42-68(43-39-58)76(66-30-17-6-18-31-66)74(63-24-11-3-12-25-63)64-26-13-4-14-27-64/h1-55H/b54-35+. The summed E-state index contributed by atoms with van der Waals surface area (Å²) < 4.78 is 5.57. The summed E-state index contributed by atoms with van der Waals surface area (Å²) in [5, 5.41) is 0. The van der Waals surface area contributed by atoms with Gasteiger partial charge in [0.25, 0.3) is 0 Å². The molecule has 11 aromatic carbocycles. The first-order chi connectivity index (χ1) is 38.7. The molecular formula is C76H55NO. The van der Waals surface area contributed by atoms with E-state index in [2.05, 4.69) is 314 Å². The molecule has 78 heavy (non-hydrogen) atoms. The van der Waals surface area contributed by atoms with E-state index >= 15 is 0 Å². The normalized spacial score (nSPS) is 11.0. The summed E-state index contributed by atoms with van der Waals surface area (Å²) in [5.41, 5.74) is 23.0. The summed E-state index contributed by atoms with van der Waals surface area (Å²) >= 11 is 0. The number of rotatable bonds is 15. The summed E-state index contributed by atoms with van der Waals surface area (Å²) in [6.07, 6.45) is 5.78. The first-order valence-electron chi connectivity index (χ1n) is 26.5. The minimum absolute atomic E-state index is 0.819. The third-order valence-corrected chi connectivity index (χ3v) is 14.3. The van der Waals surface area contributed by atoms with Gasteiger partial charge in [-0.2, -0.15) is 0 Å². The lowest BCUT2D eigenvalue weighted by molar-refractivity contribution is 0.557. The number of hydrogen-bond acceptors (Lipinski definition) is 2. The van der Waals surface area contributed by atoms with Crippen molar-refractivity contribution in [3.63, 3.8) is 0 Å². The summed E-state index contributed by atoms with van der Waals surface area (Å²) in [4.78, 5) is 2.33. The second-order valence-electron chi connectivity index (χ2n) is 19.2. The minimum Gasteiger partial charge on any atom is -0.465 e. The van der Waals surface area contributed by atoms with Crippen LogP contribution in [0.25, 0.3) is 56.7 Å². The average molecular weight is 998 g/mol. The topological polar surface area (TPSA) is 16.4 Å². The molecule has 0 saturated carbocycles. The number of hydrogen-bond donors (Lipinski definition) is 0. The van der Waals surface area contributed by atoms with Crippen molar-refractivity contribution in [2.75, 3.05) is 4.90 Å². The second-order valence-corrected chi connectivity index (χ2v) is 19.2. The molecule has 0 N–H and O–H groups in total. The fourth-order valence-electron chi connectivity index (χ4n) is 10.5. The molecule has 0 aliphatic heterocycles. The van der Waals surface area contributed by atoms with Gasteiger partial charge in [-0.1, -0.05) is 273 Å². The van der Waals surface area contributed by atoms with E-state index in [0.29, 0.717) is 0 Å². The Labute approximate surface area is 458 Å². The van der Waals surface area contributed by atoms with Gasteiger partial charge in [0.15, 0.2) is 0 Å². The fraction of sp³-hybridized carbons (Fsp3) is 0. The predicted molar refractivity (Wildman–Crippen MR) is 328 cm³/mol. The molecule has 1 aromatic heterocycles. The number of anilines is 3. The Morgan fingerprint density at radius 1 is 0.231 bits per heavy atom. The molecule has 12 rings (SSSR count). The predicted octanol–water partition coefficient (Wildman–Crippen LogP) is 20.3. The van der Waals surface area contributed by atoms with Crippen molar-refractivity contribution in [1.82, 2.24) is 0 Å². The van der Waals surface area contributed by atoms with Crippen LogP contribution in [0, 0.1) is 0 Å². The van der Waals surface area contributed by atoms with Crippen molar-refractivity contribution in [3.8, 4) is 22.3 Å². The molecule has 370 valence electrons. The maximum atomic E-state index is 5.57. The third-order valence-electron chi connectivity index (χ3n) is 14.3. The highest BCUT2D eigenvalue weighted by Gasteiger charge is 2.19. The molecule has 0 atom stereocenters. The molecule has 0 fully saturated rings. The quantitative estimate of drug-likeness (QED) is 0.0952. The molecule has 1 heterocycles. The smallest absolute Gasteiger partial charge is 0.126 e. The van der Waals surface area contributed by atoms with Gasteiger partial charge in [0.1, 0.15) is 5.76 Å². The Morgan fingerprint density at radius 3 is 0.756 bits per heavy atom. The molecule has 0 amide bonds. The van der Waals surface area contributed by atoms with Crippen molar-refractivity contribution in [3.05, 3.63) is 378 Å². The van der Waals surface area contributed by atoms with Gasteiger partial charge >= 0.3 is 0 Å². The first-order valence-corrected chi connectivity index (χ1v) is 26.5. The van der Waals surface area contributed by atoms with Crippen LogP contribution in [-0.2, 0) is 0 Å². The van der Waals surface area contributed by atoms with Crippen LogP contribution in [0.15, 0.2) is 326 Å². The first kappa shape index (κ1) is 48.6. The molecule has 0 bridgehead atoms. The zero-order valence-corrected chi connectivity index (χ0v) is 43.1. The van der Waals surface area contributed by atoms with Crippen molar-refractivity contribution in [1.29, 1.82) is 0 Å². The lowest BCUT2D eigenvalue weighted by atomic mass is 9.85. The van der Waals surface area contributed by atoms with Crippen LogP contribution in [0.1, 0.15) is 55.8 Å². The fourth-order valence-corrected chi connectivity index (χ4v) is 10.5. The van der Waals surface area contributed by atoms with E-state index in [0.717, 1.165) is 61.8 Å². The Hall–Kier alpha value is -10.3. The summed E-state index contributed by atoms with van der Waals surface area (Å²) in [5.74, 6) is 0.819. The minimum atomic E-state index is 0.819. The number of benzene rings is 11. The number of furan rings is 1. The summed E-state index contributed by atoms with van der Waals surface area (Å²) in [6, 6.07) is 113. The van der Waals surface area contributed by atoms with Crippen LogP contribution in [-0.4, -0.2) is 0 Å². The van der Waals surface area contributed by atoms with E-state index in [-0.39, 0.29) is 0 Å². The lowest BCUT2D eigenvalue weighted by Crippen LogP contribution is -2.09. The molecular weight excluding hydrogens is 943 g/mol.